The molecule has 1 aromatic carbocycles. The smallest absolute Gasteiger partial charge is 0.323 e. The number of nitrogens with zero attached hydrogens (tertiary/aromatic N) is 1. The predicted octanol–water partition coefficient (Wildman–Crippen LogP) is 2.15. The molecule has 5 heteroatoms. The second kappa shape index (κ2) is 5.08. The van der Waals surface area contributed by atoms with Crippen LogP contribution < -0.4 is 10.1 Å². The van der Waals surface area contributed by atoms with E-state index in [4.69, 9.17) is 10.1 Å². The lowest BCUT2D eigenvalue weighted by Gasteiger charge is -2.23. The van der Waals surface area contributed by atoms with Crippen LogP contribution in [0.5, 0.6) is 5.75 Å². The van der Waals surface area contributed by atoms with Crippen LogP contribution in [0.2, 0.25) is 0 Å². The van der Waals surface area contributed by atoms with Gasteiger partial charge in [-0.2, -0.15) is 0 Å². The first-order chi connectivity index (χ1) is 8.69. The molecule has 1 fully saturated rings. The van der Waals surface area contributed by atoms with E-state index in [2.05, 4.69) is 5.32 Å². The van der Waals surface area contributed by atoms with Crippen molar-refractivity contribution in [2.24, 2.45) is 0 Å². The molecule has 2 rings (SSSR count). The van der Waals surface area contributed by atoms with Gasteiger partial charge in [-0.1, -0.05) is 25.1 Å². The maximum Gasteiger partial charge on any atom is 0.323 e. The van der Waals surface area contributed by atoms with Crippen LogP contribution in [0.25, 0.3) is 0 Å². The molecule has 1 aliphatic heterocycles. The molecule has 0 spiro atoms. The van der Waals surface area contributed by atoms with Crippen LogP contribution in [-0.4, -0.2) is 30.4 Å². The summed E-state index contributed by atoms with van der Waals surface area (Å²) in [5.74, 6) is 0.905. The van der Waals surface area contributed by atoms with Crippen molar-refractivity contribution in [3.8, 4) is 5.75 Å². The molecule has 5 nitrogen and oxygen atoms in total. The fourth-order valence-electron chi connectivity index (χ4n) is 2.22. The molecular formula is C13H17N3O2. The summed E-state index contributed by atoms with van der Waals surface area (Å²) in [6, 6.07) is 6.92. The van der Waals surface area contributed by atoms with Gasteiger partial charge in [0.2, 0.25) is 0 Å². The molecule has 0 aromatic heterocycles. The van der Waals surface area contributed by atoms with Gasteiger partial charge in [0, 0.05) is 12.1 Å². The van der Waals surface area contributed by atoms with Crippen LogP contribution in [0.3, 0.4) is 0 Å². The van der Waals surface area contributed by atoms with Crippen molar-refractivity contribution in [3.05, 3.63) is 29.8 Å². The van der Waals surface area contributed by atoms with Gasteiger partial charge in [0.1, 0.15) is 17.6 Å². The summed E-state index contributed by atoms with van der Waals surface area (Å²) in [5, 5.41) is 10.5. The molecule has 0 bridgehead atoms. The number of rotatable bonds is 4. The van der Waals surface area contributed by atoms with Crippen molar-refractivity contribution in [3.63, 3.8) is 0 Å². The first-order valence-corrected chi connectivity index (χ1v) is 5.98. The largest absolute Gasteiger partial charge is 0.496 e. The first-order valence-electron chi connectivity index (χ1n) is 5.98. The second-order valence-corrected chi connectivity index (χ2v) is 4.18. The van der Waals surface area contributed by atoms with E-state index in [0.29, 0.717) is 12.3 Å². The molecule has 1 saturated heterocycles. The number of amidine groups is 1. The highest BCUT2D eigenvalue weighted by Gasteiger charge is 2.37. The molecule has 0 radical (unpaired) electrons. The Labute approximate surface area is 106 Å². The Morgan fingerprint density at radius 3 is 2.83 bits per heavy atom. The van der Waals surface area contributed by atoms with Crippen molar-refractivity contribution in [2.75, 3.05) is 13.7 Å². The summed E-state index contributed by atoms with van der Waals surface area (Å²) in [5.41, 5.74) is 0.844. The minimum Gasteiger partial charge on any atom is -0.496 e. The van der Waals surface area contributed by atoms with E-state index in [1.807, 2.05) is 31.2 Å². The number of urea groups is 1. The number of benzene rings is 1. The highest BCUT2D eigenvalue weighted by molar-refractivity contribution is 6.06. The van der Waals surface area contributed by atoms with Crippen molar-refractivity contribution >= 4 is 11.9 Å². The number of para-hydroxylation sites is 1. The number of amides is 2. The number of hydrogen-bond donors (Lipinski definition) is 2. The third-order valence-corrected chi connectivity index (χ3v) is 2.99. The zero-order chi connectivity index (χ0) is 13.1. The summed E-state index contributed by atoms with van der Waals surface area (Å²) < 4.78 is 5.31. The molecule has 2 amide bonds. The Morgan fingerprint density at radius 1 is 1.44 bits per heavy atom. The standard InChI is InChI=1S/C13H17N3O2/c1-3-8-16-11(12(14)15-13(16)17)9-6-4-5-7-10(9)18-2/h4-7,11H,3,8H2,1-2H3,(H2,14,15,17). The van der Waals surface area contributed by atoms with Crippen LogP contribution in [0.4, 0.5) is 4.79 Å². The Bertz CT molecular complexity index is 473. The monoisotopic (exact) mass is 247 g/mol. The quantitative estimate of drug-likeness (QED) is 0.856. The van der Waals surface area contributed by atoms with E-state index in [9.17, 15) is 4.79 Å². The van der Waals surface area contributed by atoms with Gasteiger partial charge in [0.25, 0.3) is 0 Å². The number of methoxy groups -OCH3 is 1. The Hall–Kier alpha value is -2.04. The van der Waals surface area contributed by atoms with E-state index in [0.717, 1.165) is 12.0 Å². The van der Waals surface area contributed by atoms with Gasteiger partial charge in [-0.15, -0.1) is 0 Å². The van der Waals surface area contributed by atoms with Crippen molar-refractivity contribution < 1.29 is 9.53 Å². The predicted molar refractivity (Wildman–Crippen MR) is 69.0 cm³/mol. The summed E-state index contributed by atoms with van der Waals surface area (Å²) in [7, 11) is 1.59. The fourth-order valence-corrected chi connectivity index (χ4v) is 2.22. The summed E-state index contributed by atoms with van der Waals surface area (Å²) >= 11 is 0. The van der Waals surface area contributed by atoms with Crippen molar-refractivity contribution in [2.45, 2.75) is 19.4 Å². The summed E-state index contributed by atoms with van der Waals surface area (Å²) in [4.78, 5) is 13.5. The minimum absolute atomic E-state index is 0.206. The number of hydrogen-bond acceptors (Lipinski definition) is 3. The van der Waals surface area contributed by atoms with Gasteiger partial charge in [-0.3, -0.25) is 10.7 Å². The van der Waals surface area contributed by atoms with Gasteiger partial charge in [0.05, 0.1) is 7.11 Å². The summed E-state index contributed by atoms with van der Waals surface area (Å²) in [6.07, 6.45) is 0.854. The highest BCUT2D eigenvalue weighted by Crippen LogP contribution is 2.32. The number of carbonyl (C=O) groups excluding carboxylic acids is 1. The molecular weight excluding hydrogens is 230 g/mol. The molecule has 1 aliphatic rings. The molecule has 1 unspecified atom stereocenters. The van der Waals surface area contributed by atoms with E-state index < -0.39 is 0 Å². The molecule has 2 N–H and O–H groups in total. The van der Waals surface area contributed by atoms with E-state index in [1.54, 1.807) is 12.0 Å². The number of ether oxygens (including phenoxy) is 1. The SMILES string of the molecule is CCCN1C(=O)NC(=N)C1c1ccccc1OC. The van der Waals surface area contributed by atoms with Crippen LogP contribution in [-0.2, 0) is 0 Å². The first kappa shape index (κ1) is 12.4. The summed E-state index contributed by atoms with van der Waals surface area (Å²) in [6.45, 7) is 2.63. The Morgan fingerprint density at radius 2 is 2.17 bits per heavy atom. The van der Waals surface area contributed by atoms with Crippen LogP contribution in [0.1, 0.15) is 24.9 Å². The average Bonchev–Trinajstić information content (AvgIpc) is 2.65. The Balaban J connectivity index is 2.40. The van der Waals surface area contributed by atoms with Crippen molar-refractivity contribution in [1.82, 2.24) is 10.2 Å². The number of nitrogens with one attached hydrogen (secondary N) is 2. The molecule has 0 aliphatic carbocycles. The lowest BCUT2D eigenvalue weighted by atomic mass is 10.0. The van der Waals surface area contributed by atoms with Gasteiger partial charge < -0.3 is 9.64 Å². The van der Waals surface area contributed by atoms with Gasteiger partial charge in [-0.25, -0.2) is 4.79 Å². The van der Waals surface area contributed by atoms with Crippen LogP contribution in [0, 0.1) is 5.41 Å². The third-order valence-electron chi connectivity index (χ3n) is 2.99. The van der Waals surface area contributed by atoms with Gasteiger partial charge in [-0.05, 0) is 12.5 Å². The van der Waals surface area contributed by atoms with Crippen LogP contribution in [0.15, 0.2) is 24.3 Å². The molecule has 1 aromatic rings. The zero-order valence-corrected chi connectivity index (χ0v) is 10.6. The molecule has 96 valence electrons. The third kappa shape index (κ3) is 2.03. The van der Waals surface area contributed by atoms with Gasteiger partial charge >= 0.3 is 6.03 Å². The maximum atomic E-state index is 11.8. The zero-order valence-electron chi connectivity index (χ0n) is 10.6. The average molecular weight is 247 g/mol. The van der Waals surface area contributed by atoms with E-state index >= 15 is 0 Å². The Kier molecular flexibility index (Phi) is 3.50. The fraction of sp³-hybridized carbons (Fsp3) is 0.385. The topological polar surface area (TPSA) is 65.4 Å². The van der Waals surface area contributed by atoms with Crippen LogP contribution >= 0.6 is 0 Å². The lowest BCUT2D eigenvalue weighted by Crippen LogP contribution is -2.30. The molecule has 0 saturated carbocycles. The normalized spacial score (nSPS) is 19.0. The van der Waals surface area contributed by atoms with Gasteiger partial charge in [0.15, 0.2) is 0 Å². The highest BCUT2D eigenvalue weighted by atomic mass is 16.5. The number of carbonyl (C=O) groups is 1. The molecule has 18 heavy (non-hydrogen) atoms. The molecule has 1 atom stereocenters. The maximum absolute atomic E-state index is 11.8. The van der Waals surface area contributed by atoms with Crippen molar-refractivity contribution in [1.29, 1.82) is 5.41 Å². The van der Waals surface area contributed by atoms with E-state index in [-0.39, 0.29) is 17.9 Å². The van der Waals surface area contributed by atoms with E-state index in [1.165, 1.54) is 0 Å². The second-order valence-electron chi connectivity index (χ2n) is 4.18. The molecule has 1 heterocycles. The minimum atomic E-state index is -0.367. The lowest BCUT2D eigenvalue weighted by molar-refractivity contribution is 0.205.